The molecule has 0 spiro atoms. The minimum Gasteiger partial charge on any atom is -0.342 e. The summed E-state index contributed by atoms with van der Waals surface area (Å²) >= 11 is 0. The molecule has 0 saturated carbocycles. The Hall–Kier alpha value is -5.63. The summed E-state index contributed by atoms with van der Waals surface area (Å²) in [6.45, 7) is 0. The standard InChI is InChI=1S/C43H37N3Si2/c1-46-36(34-44-47(38-20-8-2-9-21-38,39-22-10-3-11-23-39)40-24-12-4-13-25-40)32-33-37(46)35-45-48(41-26-14-5-15-27-41,42-28-16-6-17-29-42)43-30-18-7-19-31-43/h2-35H,1H3/b44-34+,45-35?. The second kappa shape index (κ2) is 14.0. The van der Waals surface area contributed by atoms with Gasteiger partial charge in [0.25, 0.3) is 16.5 Å². The Balaban J connectivity index is 1.35. The maximum atomic E-state index is 5.62. The molecule has 7 rings (SSSR count). The molecule has 0 bridgehead atoms. The highest BCUT2D eigenvalue weighted by Gasteiger charge is 2.41. The van der Waals surface area contributed by atoms with Crippen molar-refractivity contribution in [3.8, 4) is 0 Å². The van der Waals surface area contributed by atoms with E-state index < -0.39 is 16.5 Å². The van der Waals surface area contributed by atoms with Gasteiger partial charge in [-0.15, -0.1) is 0 Å². The molecule has 0 amide bonds. The third kappa shape index (κ3) is 5.86. The minimum atomic E-state index is -2.77. The first kappa shape index (κ1) is 31.0. The van der Waals surface area contributed by atoms with Crippen LogP contribution >= 0.6 is 0 Å². The van der Waals surface area contributed by atoms with E-state index in [1.54, 1.807) is 0 Å². The predicted octanol–water partition coefficient (Wildman–Crippen LogP) is 5.20. The average molecular weight is 652 g/mol. The Morgan fingerprint density at radius 1 is 0.333 bits per heavy atom. The molecular formula is C43H37N3Si2. The van der Waals surface area contributed by atoms with E-state index in [1.807, 2.05) is 0 Å². The molecule has 0 aliphatic heterocycles. The molecule has 0 aliphatic carbocycles. The van der Waals surface area contributed by atoms with E-state index in [0.29, 0.717) is 0 Å². The lowest BCUT2D eigenvalue weighted by atomic mass is 10.3. The first-order valence-corrected chi connectivity index (χ1v) is 20.2. The average Bonchev–Trinajstić information content (AvgIpc) is 3.53. The first-order valence-electron chi connectivity index (χ1n) is 16.3. The summed E-state index contributed by atoms with van der Waals surface area (Å²) in [5.74, 6) is 0. The van der Waals surface area contributed by atoms with Gasteiger partial charge in [0.05, 0.1) is 11.4 Å². The maximum absolute atomic E-state index is 5.62. The van der Waals surface area contributed by atoms with Crippen LogP contribution in [0.4, 0.5) is 0 Å². The molecule has 1 heterocycles. The Morgan fingerprint density at radius 3 is 0.750 bits per heavy atom. The molecular weight excluding hydrogens is 615 g/mol. The lowest BCUT2D eigenvalue weighted by Crippen LogP contribution is -2.66. The molecule has 232 valence electrons. The second-order valence-corrected chi connectivity index (χ2v) is 18.7. The molecule has 0 fully saturated rings. The summed E-state index contributed by atoms with van der Waals surface area (Å²) in [7, 11) is -3.44. The SMILES string of the molecule is Cn1c(C=N[Si](c2ccccc2)(c2ccccc2)c2ccccc2)ccc1/C=N/[Si](c1ccccc1)(c1ccccc1)c1ccccc1. The number of hydrogen-bond donors (Lipinski definition) is 0. The Labute approximate surface area is 285 Å². The highest BCUT2D eigenvalue weighted by molar-refractivity contribution is 7.11. The lowest BCUT2D eigenvalue weighted by Gasteiger charge is -2.29. The van der Waals surface area contributed by atoms with Gasteiger partial charge in [-0.05, 0) is 43.3 Å². The van der Waals surface area contributed by atoms with Crippen molar-refractivity contribution in [3.63, 3.8) is 0 Å². The molecule has 7 aromatic rings. The molecule has 0 N–H and O–H groups in total. The maximum Gasteiger partial charge on any atom is 0.273 e. The van der Waals surface area contributed by atoms with Crippen LogP contribution in [0.5, 0.6) is 0 Å². The highest BCUT2D eigenvalue weighted by atomic mass is 28.3. The van der Waals surface area contributed by atoms with Crippen LogP contribution in [0.1, 0.15) is 11.4 Å². The van der Waals surface area contributed by atoms with Crippen molar-refractivity contribution in [3.05, 3.63) is 206 Å². The van der Waals surface area contributed by atoms with Gasteiger partial charge in [-0.3, -0.25) is 0 Å². The van der Waals surface area contributed by atoms with E-state index in [0.717, 1.165) is 11.4 Å². The van der Waals surface area contributed by atoms with E-state index in [-0.39, 0.29) is 0 Å². The predicted molar refractivity (Wildman–Crippen MR) is 209 cm³/mol. The molecule has 0 radical (unpaired) electrons. The molecule has 5 heteroatoms. The molecule has 0 saturated heterocycles. The van der Waals surface area contributed by atoms with Crippen molar-refractivity contribution >= 4 is 60.0 Å². The summed E-state index contributed by atoms with van der Waals surface area (Å²) in [5.41, 5.74) is 2.06. The van der Waals surface area contributed by atoms with Crippen LogP contribution in [-0.2, 0) is 7.05 Å². The van der Waals surface area contributed by atoms with E-state index in [4.69, 9.17) is 9.32 Å². The molecule has 0 atom stereocenters. The summed E-state index contributed by atoms with van der Waals surface area (Å²) in [6.07, 6.45) is 4.15. The monoisotopic (exact) mass is 651 g/mol. The van der Waals surface area contributed by atoms with Gasteiger partial charge in [0.1, 0.15) is 0 Å². The summed E-state index contributed by atoms with van der Waals surface area (Å²) < 4.78 is 13.4. The van der Waals surface area contributed by atoms with Crippen LogP contribution in [0.2, 0.25) is 0 Å². The third-order valence-electron chi connectivity index (χ3n) is 9.13. The van der Waals surface area contributed by atoms with Crippen molar-refractivity contribution in [2.75, 3.05) is 0 Å². The number of aromatic nitrogens is 1. The Kier molecular flexibility index (Phi) is 9.05. The number of hydrogen-bond acceptors (Lipinski definition) is 2. The molecule has 0 aliphatic rings. The van der Waals surface area contributed by atoms with Crippen molar-refractivity contribution in [2.45, 2.75) is 0 Å². The van der Waals surface area contributed by atoms with Crippen molar-refractivity contribution in [1.29, 1.82) is 0 Å². The van der Waals surface area contributed by atoms with Gasteiger partial charge < -0.3 is 13.9 Å². The van der Waals surface area contributed by atoms with E-state index in [9.17, 15) is 0 Å². The summed E-state index contributed by atoms with van der Waals surface area (Å²) in [6, 6.07) is 69.0. The highest BCUT2D eigenvalue weighted by Crippen LogP contribution is 2.14. The van der Waals surface area contributed by atoms with Crippen molar-refractivity contribution < 1.29 is 0 Å². The zero-order chi connectivity index (χ0) is 32.7. The zero-order valence-electron chi connectivity index (χ0n) is 27.0. The van der Waals surface area contributed by atoms with Gasteiger partial charge in [0.15, 0.2) is 0 Å². The topological polar surface area (TPSA) is 29.6 Å². The molecule has 0 unspecified atom stereocenters. The normalized spacial score (nSPS) is 12.1. The minimum absolute atomic E-state index is 1.03. The molecule has 48 heavy (non-hydrogen) atoms. The third-order valence-corrected chi connectivity index (χ3v) is 17.2. The number of rotatable bonds is 10. The lowest BCUT2D eigenvalue weighted by molar-refractivity contribution is 0.910. The van der Waals surface area contributed by atoms with Crippen LogP contribution in [0.25, 0.3) is 0 Å². The van der Waals surface area contributed by atoms with Crippen molar-refractivity contribution in [2.24, 2.45) is 16.4 Å². The number of nitrogens with zero attached hydrogens (tertiary/aromatic N) is 3. The Bertz CT molecular complexity index is 1770. The zero-order valence-corrected chi connectivity index (χ0v) is 29.0. The Morgan fingerprint density at radius 2 is 0.542 bits per heavy atom. The van der Waals surface area contributed by atoms with E-state index in [2.05, 4.69) is 218 Å². The molecule has 1 aromatic heterocycles. The van der Waals surface area contributed by atoms with Gasteiger partial charge >= 0.3 is 0 Å². The molecule has 3 nitrogen and oxygen atoms in total. The van der Waals surface area contributed by atoms with Gasteiger partial charge in [-0.2, -0.15) is 0 Å². The molecule has 6 aromatic carbocycles. The second-order valence-electron chi connectivity index (χ2n) is 11.9. The smallest absolute Gasteiger partial charge is 0.273 e. The van der Waals surface area contributed by atoms with Crippen molar-refractivity contribution in [1.82, 2.24) is 4.57 Å². The van der Waals surface area contributed by atoms with E-state index >= 15 is 0 Å². The fourth-order valence-corrected chi connectivity index (χ4v) is 14.2. The summed E-state index contributed by atoms with van der Waals surface area (Å²) in [4.78, 5) is 0. The van der Waals surface area contributed by atoms with Gasteiger partial charge in [0.2, 0.25) is 0 Å². The quantitative estimate of drug-likeness (QED) is 0.111. The summed E-state index contributed by atoms with van der Waals surface area (Å²) in [5, 5.41) is 7.49. The van der Waals surface area contributed by atoms with Gasteiger partial charge in [-0.25, -0.2) is 0 Å². The van der Waals surface area contributed by atoms with Crippen LogP contribution < -0.4 is 31.1 Å². The first-order chi connectivity index (χ1) is 23.7. The van der Waals surface area contributed by atoms with Crippen LogP contribution in [-0.4, -0.2) is 33.5 Å². The van der Waals surface area contributed by atoms with Gasteiger partial charge in [-0.1, -0.05) is 182 Å². The fraction of sp³-hybridized carbons (Fsp3) is 0.0233. The van der Waals surface area contributed by atoms with Crippen LogP contribution in [0, 0.1) is 0 Å². The van der Waals surface area contributed by atoms with Crippen LogP contribution in [0.3, 0.4) is 0 Å². The number of benzene rings is 6. The van der Waals surface area contributed by atoms with E-state index in [1.165, 1.54) is 31.1 Å². The largest absolute Gasteiger partial charge is 0.342 e. The van der Waals surface area contributed by atoms with Gasteiger partial charge in [0, 0.05) is 19.5 Å². The van der Waals surface area contributed by atoms with Crippen LogP contribution in [0.15, 0.2) is 203 Å². The fourth-order valence-electron chi connectivity index (χ4n) is 6.65.